The number of ether oxygens (including phenoxy) is 1. The van der Waals surface area contributed by atoms with Crippen molar-refractivity contribution in [3.8, 4) is 0 Å². The lowest BCUT2D eigenvalue weighted by atomic mass is 9.93. The molecule has 0 aromatic heterocycles. The molecule has 0 aliphatic rings. The molecule has 2 N–H and O–H groups in total. The largest absolute Gasteiger partial charge is 0.463 e. The number of hydrogen-bond donors (Lipinski definition) is 2. The minimum absolute atomic E-state index is 0.199. The Labute approximate surface area is 180 Å². The molecule has 0 radical (unpaired) electrons. The Kier molecular flexibility index (Phi) is 7.23. The number of nitrogens with one attached hydrogen (secondary N) is 1. The highest BCUT2D eigenvalue weighted by Gasteiger charge is 2.62. The zero-order valence-corrected chi connectivity index (χ0v) is 17.3. The number of aliphatic hydroxyl groups is 1. The molecule has 2 aromatic carbocycles. The van der Waals surface area contributed by atoms with Crippen LogP contribution in [0.5, 0.6) is 0 Å². The number of amides is 2. The van der Waals surface area contributed by atoms with Crippen LogP contribution in [0.4, 0.5) is 29.3 Å². The summed E-state index contributed by atoms with van der Waals surface area (Å²) in [6, 6.07) is 7.91. The number of hydrogen-bond acceptors (Lipinski definition) is 4. The second-order valence-electron chi connectivity index (χ2n) is 6.09. The van der Waals surface area contributed by atoms with Crippen LogP contribution in [0, 0.1) is 0 Å². The van der Waals surface area contributed by atoms with Gasteiger partial charge in [0.25, 0.3) is 5.60 Å². The first kappa shape index (κ1) is 23.8. The van der Waals surface area contributed by atoms with Crippen LogP contribution < -0.4 is 10.2 Å². The van der Waals surface area contributed by atoms with Gasteiger partial charge < -0.3 is 15.2 Å². The van der Waals surface area contributed by atoms with E-state index in [9.17, 15) is 27.9 Å². The van der Waals surface area contributed by atoms with E-state index in [0.717, 1.165) is 29.2 Å². The molecule has 0 spiro atoms. The lowest BCUT2D eigenvalue weighted by molar-refractivity contribution is -0.267. The third kappa shape index (κ3) is 4.80. The van der Waals surface area contributed by atoms with Gasteiger partial charge in [0.15, 0.2) is 0 Å². The standard InChI is InChI=1S/C19H17Cl2F3N2O4/c1-3-30-16(27)18(29,19(22,23)24)11-4-7-13(8-5-11)26(2)17(28)25-12-6-9-14(20)15(21)10-12/h4-10,29H,3H2,1-2H3,(H,25,28)/t18-/m1/s1. The molecule has 162 valence electrons. The predicted molar refractivity (Wildman–Crippen MR) is 107 cm³/mol. The predicted octanol–water partition coefficient (Wildman–Crippen LogP) is 4.97. The van der Waals surface area contributed by atoms with E-state index >= 15 is 0 Å². The van der Waals surface area contributed by atoms with E-state index in [1.165, 1.54) is 32.2 Å². The molecule has 2 amide bonds. The third-order valence-corrected chi connectivity index (χ3v) is 4.87. The monoisotopic (exact) mass is 464 g/mol. The number of halogens is 5. The number of esters is 1. The summed E-state index contributed by atoms with van der Waals surface area (Å²) in [5.74, 6) is -1.84. The van der Waals surface area contributed by atoms with Crippen LogP contribution in [0.3, 0.4) is 0 Å². The lowest BCUT2D eigenvalue weighted by Crippen LogP contribution is -2.50. The normalized spacial score (nSPS) is 13.3. The fourth-order valence-corrected chi connectivity index (χ4v) is 2.76. The first-order valence-corrected chi connectivity index (χ1v) is 9.24. The molecule has 0 bridgehead atoms. The molecule has 0 aliphatic carbocycles. The maximum atomic E-state index is 13.4. The van der Waals surface area contributed by atoms with Crippen molar-refractivity contribution < 1.29 is 32.6 Å². The molecule has 1 atom stereocenters. The lowest BCUT2D eigenvalue weighted by Gasteiger charge is -2.29. The van der Waals surface area contributed by atoms with Gasteiger partial charge in [-0.25, -0.2) is 9.59 Å². The third-order valence-electron chi connectivity index (χ3n) is 4.13. The molecule has 0 heterocycles. The molecule has 0 unspecified atom stereocenters. The maximum absolute atomic E-state index is 13.4. The average molecular weight is 465 g/mol. The molecular formula is C19H17Cl2F3N2O4. The molecule has 6 nitrogen and oxygen atoms in total. The fourth-order valence-electron chi connectivity index (χ4n) is 2.46. The summed E-state index contributed by atoms with van der Waals surface area (Å²) in [5.41, 5.74) is -4.02. The van der Waals surface area contributed by atoms with Gasteiger partial charge in [-0.2, -0.15) is 13.2 Å². The van der Waals surface area contributed by atoms with Crippen LogP contribution in [-0.2, 0) is 15.1 Å². The Balaban J connectivity index is 2.25. The van der Waals surface area contributed by atoms with Crippen LogP contribution in [0.1, 0.15) is 12.5 Å². The van der Waals surface area contributed by atoms with Crippen molar-refractivity contribution >= 4 is 46.6 Å². The number of rotatable bonds is 5. The van der Waals surface area contributed by atoms with E-state index in [1.54, 1.807) is 0 Å². The number of urea groups is 1. The van der Waals surface area contributed by atoms with Crippen molar-refractivity contribution in [1.82, 2.24) is 0 Å². The topological polar surface area (TPSA) is 78.9 Å². The number of anilines is 2. The first-order valence-electron chi connectivity index (χ1n) is 8.48. The van der Waals surface area contributed by atoms with Gasteiger partial charge in [0, 0.05) is 24.0 Å². The molecule has 0 saturated heterocycles. The van der Waals surface area contributed by atoms with Crippen molar-refractivity contribution in [3.05, 3.63) is 58.1 Å². The van der Waals surface area contributed by atoms with Gasteiger partial charge in [-0.3, -0.25) is 4.90 Å². The summed E-state index contributed by atoms with van der Waals surface area (Å²) in [7, 11) is 1.38. The van der Waals surface area contributed by atoms with Crippen LogP contribution in [0.15, 0.2) is 42.5 Å². The van der Waals surface area contributed by atoms with E-state index < -0.39 is 29.3 Å². The molecule has 0 aliphatic heterocycles. The van der Waals surface area contributed by atoms with Gasteiger partial charge in [0.2, 0.25) is 0 Å². The Morgan fingerprint density at radius 1 is 1.10 bits per heavy atom. The van der Waals surface area contributed by atoms with Gasteiger partial charge in [0.1, 0.15) is 0 Å². The average Bonchev–Trinajstić information content (AvgIpc) is 2.69. The molecule has 2 rings (SSSR count). The van der Waals surface area contributed by atoms with Crippen LogP contribution in [0.2, 0.25) is 10.0 Å². The van der Waals surface area contributed by atoms with E-state index in [4.69, 9.17) is 23.2 Å². The van der Waals surface area contributed by atoms with Gasteiger partial charge in [-0.15, -0.1) is 0 Å². The molecule has 30 heavy (non-hydrogen) atoms. The highest BCUT2D eigenvalue weighted by atomic mass is 35.5. The minimum atomic E-state index is -5.31. The maximum Gasteiger partial charge on any atom is 0.432 e. The van der Waals surface area contributed by atoms with Crippen molar-refractivity contribution in [3.63, 3.8) is 0 Å². The Hall–Kier alpha value is -2.49. The number of carbonyl (C=O) groups excluding carboxylic acids is 2. The number of nitrogens with zero attached hydrogens (tertiary/aromatic N) is 1. The van der Waals surface area contributed by atoms with Crippen molar-refractivity contribution in [2.45, 2.75) is 18.7 Å². The summed E-state index contributed by atoms with van der Waals surface area (Å²) >= 11 is 11.7. The quantitative estimate of drug-likeness (QED) is 0.611. The summed E-state index contributed by atoms with van der Waals surface area (Å²) in [6.07, 6.45) is -5.31. The Morgan fingerprint density at radius 3 is 2.20 bits per heavy atom. The smallest absolute Gasteiger partial charge is 0.432 e. The van der Waals surface area contributed by atoms with Gasteiger partial charge in [0.05, 0.1) is 16.7 Å². The molecular weight excluding hydrogens is 448 g/mol. The zero-order chi connectivity index (χ0) is 22.7. The summed E-state index contributed by atoms with van der Waals surface area (Å²) in [5, 5.41) is 13.2. The number of benzene rings is 2. The van der Waals surface area contributed by atoms with Crippen molar-refractivity contribution in [2.75, 3.05) is 23.9 Å². The summed E-state index contributed by atoms with van der Waals surface area (Å²) in [4.78, 5) is 25.3. The second-order valence-corrected chi connectivity index (χ2v) is 6.91. The minimum Gasteiger partial charge on any atom is -0.463 e. The zero-order valence-electron chi connectivity index (χ0n) is 15.8. The fraction of sp³-hybridized carbons (Fsp3) is 0.263. The number of alkyl halides is 3. The van der Waals surface area contributed by atoms with Gasteiger partial charge >= 0.3 is 18.2 Å². The van der Waals surface area contributed by atoms with Crippen LogP contribution in [-0.4, -0.2) is 36.9 Å². The van der Waals surface area contributed by atoms with Crippen molar-refractivity contribution in [1.29, 1.82) is 0 Å². The second kappa shape index (κ2) is 9.11. The SMILES string of the molecule is CCOC(=O)[C@](O)(c1ccc(N(C)C(=O)Nc2ccc(Cl)c(Cl)c2)cc1)C(F)(F)F. The molecule has 0 fully saturated rings. The Bertz CT molecular complexity index is 938. The highest BCUT2D eigenvalue weighted by molar-refractivity contribution is 6.42. The first-order chi connectivity index (χ1) is 13.9. The van der Waals surface area contributed by atoms with Crippen molar-refractivity contribution in [2.24, 2.45) is 0 Å². The van der Waals surface area contributed by atoms with E-state index in [-0.39, 0.29) is 17.3 Å². The molecule has 0 saturated carbocycles. The Morgan fingerprint density at radius 2 is 1.70 bits per heavy atom. The number of carbonyl (C=O) groups is 2. The summed E-state index contributed by atoms with van der Waals surface area (Å²) in [6.45, 7) is 0.978. The van der Waals surface area contributed by atoms with Crippen LogP contribution in [0.25, 0.3) is 0 Å². The van der Waals surface area contributed by atoms with E-state index in [0.29, 0.717) is 10.7 Å². The molecule has 11 heteroatoms. The van der Waals surface area contributed by atoms with Crippen LogP contribution >= 0.6 is 23.2 Å². The van der Waals surface area contributed by atoms with Gasteiger partial charge in [-0.05, 0) is 37.3 Å². The van der Waals surface area contributed by atoms with E-state index in [2.05, 4.69) is 10.1 Å². The highest BCUT2D eigenvalue weighted by Crippen LogP contribution is 2.40. The molecule has 2 aromatic rings. The summed E-state index contributed by atoms with van der Waals surface area (Å²) < 4.78 is 44.6. The van der Waals surface area contributed by atoms with E-state index in [1.807, 2.05) is 0 Å². The van der Waals surface area contributed by atoms with Gasteiger partial charge in [-0.1, -0.05) is 35.3 Å².